The summed E-state index contributed by atoms with van der Waals surface area (Å²) in [6.07, 6.45) is -0.416. The number of aromatic nitrogens is 1. The third-order valence-corrected chi connectivity index (χ3v) is 9.41. The number of hydrogen-bond acceptors (Lipinski definition) is 11. The van der Waals surface area contributed by atoms with Crippen molar-refractivity contribution in [3.05, 3.63) is 71.9 Å². The van der Waals surface area contributed by atoms with E-state index in [2.05, 4.69) is 49.2 Å². The van der Waals surface area contributed by atoms with Gasteiger partial charge in [-0.2, -0.15) is 12.6 Å². The van der Waals surface area contributed by atoms with Gasteiger partial charge in [0.2, 0.25) is 29.5 Å². The number of thiol groups is 1. The van der Waals surface area contributed by atoms with Crippen LogP contribution in [0.1, 0.15) is 43.2 Å². The minimum Gasteiger partial charge on any atom is -0.481 e. The molecule has 324 valence electrons. The van der Waals surface area contributed by atoms with Gasteiger partial charge in [0.05, 0.1) is 12.5 Å². The Labute approximate surface area is 349 Å². The van der Waals surface area contributed by atoms with Crippen molar-refractivity contribution in [3.63, 3.8) is 0 Å². The molecule has 0 radical (unpaired) electrons. The maximum atomic E-state index is 14.2. The third-order valence-electron chi connectivity index (χ3n) is 9.04. The molecule has 0 bridgehead atoms. The molecular formula is C38H50N10O11S. The van der Waals surface area contributed by atoms with Crippen LogP contribution in [0, 0.1) is 0 Å². The highest BCUT2D eigenvalue weighted by atomic mass is 32.1. The molecule has 0 spiro atoms. The van der Waals surface area contributed by atoms with Gasteiger partial charge >= 0.3 is 17.9 Å². The van der Waals surface area contributed by atoms with E-state index >= 15 is 0 Å². The number of guanidine groups is 1. The van der Waals surface area contributed by atoms with Gasteiger partial charge in [0.25, 0.3) is 0 Å². The Morgan fingerprint density at radius 2 is 1.22 bits per heavy atom. The lowest BCUT2D eigenvalue weighted by Crippen LogP contribution is -2.60. The van der Waals surface area contributed by atoms with Crippen LogP contribution in [-0.2, 0) is 51.2 Å². The predicted molar refractivity (Wildman–Crippen MR) is 220 cm³/mol. The molecule has 0 aliphatic heterocycles. The maximum absolute atomic E-state index is 14.2. The molecule has 2 aromatic carbocycles. The van der Waals surface area contributed by atoms with Gasteiger partial charge in [0.1, 0.15) is 30.2 Å². The normalized spacial score (nSPS) is 13.9. The van der Waals surface area contributed by atoms with Gasteiger partial charge in [-0.25, -0.2) is 4.79 Å². The average Bonchev–Trinajstić information content (AvgIpc) is 3.61. The zero-order valence-corrected chi connectivity index (χ0v) is 33.2. The van der Waals surface area contributed by atoms with Crippen molar-refractivity contribution < 1.29 is 53.7 Å². The molecule has 5 amide bonds. The van der Waals surface area contributed by atoms with Crippen LogP contribution in [0.3, 0.4) is 0 Å². The highest BCUT2D eigenvalue weighted by Crippen LogP contribution is 2.20. The number of hydrogen-bond donors (Lipinski definition) is 13. The molecule has 0 saturated heterocycles. The molecule has 0 unspecified atom stereocenters. The Morgan fingerprint density at radius 3 is 1.82 bits per heavy atom. The first-order valence-electron chi connectivity index (χ1n) is 18.7. The SMILES string of the molecule is NC(N)=NCCC[C@H](NC(=O)[C@@H](N)CCC(=O)O)C(=O)N[C@@H](CC(=O)O)C(=O)N[C@@H](Cc1c[nH]c2ccccc12)C(=O)N[C@@H](Cc1ccccc1)C(=O)N[C@@H](CS)C(=O)O. The molecule has 0 aliphatic rings. The fourth-order valence-corrected chi connectivity index (χ4v) is 6.16. The maximum Gasteiger partial charge on any atom is 0.327 e. The number of aliphatic imine (C=N–C) groups is 1. The molecule has 15 N–H and O–H groups in total. The van der Waals surface area contributed by atoms with Crippen LogP contribution >= 0.6 is 12.6 Å². The topological polar surface area (TPSA) is 364 Å². The second kappa shape index (κ2) is 23.7. The van der Waals surface area contributed by atoms with Crippen molar-refractivity contribution in [1.29, 1.82) is 0 Å². The fourth-order valence-electron chi connectivity index (χ4n) is 5.91. The Kier molecular flexibility index (Phi) is 18.8. The quantitative estimate of drug-likeness (QED) is 0.0192. The van der Waals surface area contributed by atoms with Crippen LogP contribution < -0.4 is 43.8 Å². The smallest absolute Gasteiger partial charge is 0.327 e. The lowest BCUT2D eigenvalue weighted by atomic mass is 10.0. The number of benzene rings is 2. The predicted octanol–water partition coefficient (Wildman–Crippen LogP) is -1.89. The van der Waals surface area contributed by atoms with E-state index in [1.165, 1.54) is 0 Å². The van der Waals surface area contributed by atoms with Crippen molar-refractivity contribution >= 4 is 76.9 Å². The van der Waals surface area contributed by atoms with Gasteiger partial charge in [-0.3, -0.25) is 38.6 Å². The number of nitrogens with zero attached hydrogens (tertiary/aromatic N) is 1. The summed E-state index contributed by atoms with van der Waals surface area (Å²) in [7, 11) is 0. The Balaban J connectivity index is 1.95. The molecule has 1 aromatic heterocycles. The van der Waals surface area contributed by atoms with Crippen LogP contribution in [0.15, 0.2) is 65.8 Å². The standard InChI is InChI=1S/C38H50N10O11S/c39-23(12-13-30(49)50)32(53)44-25(11-6-14-42-38(40)41)33(54)47-28(17-31(51)52)36(57)46-27(16-21-18-43-24-10-5-4-9-22(21)24)35(56)45-26(15-20-7-2-1-3-8-20)34(55)48-29(19-60)37(58)59/h1-5,7-10,18,23,25-29,43,60H,6,11-17,19,39H2,(H,44,53)(H,45,56)(H,46,57)(H,47,54)(H,48,55)(H,49,50)(H,51,52)(H,58,59)(H4,40,41,42)/t23-,25-,26-,27-,28-,29-/m0/s1. The van der Waals surface area contributed by atoms with Gasteiger partial charge in [-0.05, 0) is 36.5 Å². The first-order valence-corrected chi connectivity index (χ1v) is 19.3. The molecule has 60 heavy (non-hydrogen) atoms. The molecular weight excluding hydrogens is 805 g/mol. The van der Waals surface area contributed by atoms with Gasteiger partial charge in [0, 0.05) is 48.7 Å². The van der Waals surface area contributed by atoms with Crippen LogP contribution in [0.5, 0.6) is 0 Å². The van der Waals surface area contributed by atoms with Crippen LogP contribution in [0.4, 0.5) is 0 Å². The number of nitrogens with two attached hydrogens (primary N) is 3. The summed E-state index contributed by atoms with van der Waals surface area (Å²) in [5.74, 6) is -9.42. The second-order valence-electron chi connectivity index (χ2n) is 13.7. The summed E-state index contributed by atoms with van der Waals surface area (Å²) in [5.41, 5.74) is 18.4. The number of rotatable bonds is 25. The van der Waals surface area contributed by atoms with E-state index in [0.717, 1.165) is 0 Å². The number of H-pyrrole nitrogens is 1. The number of aromatic amines is 1. The monoisotopic (exact) mass is 854 g/mol. The number of carbonyl (C=O) groups excluding carboxylic acids is 5. The first-order chi connectivity index (χ1) is 28.5. The number of aliphatic carboxylic acids is 3. The summed E-state index contributed by atoms with van der Waals surface area (Å²) < 4.78 is 0. The number of fused-ring (bicyclic) bond motifs is 1. The first kappa shape index (κ1) is 47.7. The number of para-hydroxylation sites is 1. The molecule has 0 saturated carbocycles. The van der Waals surface area contributed by atoms with Crippen LogP contribution in [-0.4, -0.2) is 122 Å². The summed E-state index contributed by atoms with van der Waals surface area (Å²) in [5, 5.41) is 41.2. The second-order valence-corrected chi connectivity index (χ2v) is 14.0. The summed E-state index contributed by atoms with van der Waals surface area (Å²) in [6.45, 7) is 0.0195. The Bertz CT molecular complexity index is 2030. The van der Waals surface area contributed by atoms with Crippen LogP contribution in [0.2, 0.25) is 0 Å². The van der Waals surface area contributed by atoms with Gasteiger partial charge in [0.15, 0.2) is 5.96 Å². The van der Waals surface area contributed by atoms with E-state index in [0.29, 0.717) is 22.0 Å². The summed E-state index contributed by atoms with van der Waals surface area (Å²) >= 11 is 4.00. The van der Waals surface area contributed by atoms with E-state index in [9.17, 15) is 48.6 Å². The molecule has 1 heterocycles. The highest BCUT2D eigenvalue weighted by molar-refractivity contribution is 7.80. The Hall–Kier alpha value is -6.68. The molecule has 3 rings (SSSR count). The van der Waals surface area contributed by atoms with Crippen molar-refractivity contribution in [2.75, 3.05) is 12.3 Å². The van der Waals surface area contributed by atoms with E-state index in [1.807, 2.05) is 0 Å². The minimum atomic E-state index is -1.83. The van der Waals surface area contributed by atoms with E-state index in [4.69, 9.17) is 22.3 Å². The van der Waals surface area contributed by atoms with Crippen molar-refractivity contribution in [2.45, 2.75) is 81.2 Å². The number of carbonyl (C=O) groups is 8. The minimum absolute atomic E-state index is 0.0195. The lowest BCUT2D eigenvalue weighted by molar-refractivity contribution is -0.142. The number of amides is 5. The number of carboxylic acid groups (broad SMARTS) is 3. The molecule has 21 nitrogen and oxygen atoms in total. The average molecular weight is 855 g/mol. The van der Waals surface area contributed by atoms with Gasteiger partial charge in [-0.1, -0.05) is 48.5 Å². The number of nitrogens with one attached hydrogen (secondary N) is 6. The molecule has 22 heteroatoms. The van der Waals surface area contributed by atoms with E-state index < -0.39 is 96.5 Å². The highest BCUT2D eigenvalue weighted by Gasteiger charge is 2.34. The summed E-state index contributed by atoms with van der Waals surface area (Å²) in [6, 6.07) is 6.67. The van der Waals surface area contributed by atoms with Gasteiger partial charge < -0.3 is 64.1 Å². The van der Waals surface area contributed by atoms with Gasteiger partial charge in [-0.15, -0.1) is 0 Å². The summed E-state index contributed by atoms with van der Waals surface area (Å²) in [4.78, 5) is 110. The number of carboxylic acids is 3. The fraction of sp³-hybridized carbons (Fsp3) is 0.395. The lowest BCUT2D eigenvalue weighted by Gasteiger charge is -2.27. The van der Waals surface area contributed by atoms with Crippen LogP contribution in [0.25, 0.3) is 10.9 Å². The van der Waals surface area contributed by atoms with Crippen molar-refractivity contribution in [3.8, 4) is 0 Å². The third kappa shape index (κ3) is 15.6. The molecule has 3 aromatic rings. The van der Waals surface area contributed by atoms with E-state index in [1.54, 1.807) is 60.8 Å². The van der Waals surface area contributed by atoms with E-state index in [-0.39, 0.29) is 50.4 Å². The Morgan fingerprint density at radius 1 is 0.667 bits per heavy atom. The molecule has 0 aliphatic carbocycles. The van der Waals surface area contributed by atoms with Crippen molar-refractivity contribution in [1.82, 2.24) is 31.6 Å². The zero-order valence-electron chi connectivity index (χ0n) is 32.3. The largest absolute Gasteiger partial charge is 0.481 e. The van der Waals surface area contributed by atoms with Crippen molar-refractivity contribution in [2.24, 2.45) is 22.2 Å². The molecule has 0 fully saturated rings. The zero-order chi connectivity index (χ0) is 44.4. The molecule has 6 atom stereocenters.